The Morgan fingerprint density at radius 1 is 1.48 bits per heavy atom. The van der Waals surface area contributed by atoms with Gasteiger partial charge in [-0.3, -0.25) is 9.48 Å². The first-order valence-electron chi connectivity index (χ1n) is 8.23. The van der Waals surface area contributed by atoms with Crippen LogP contribution in [0.4, 0.5) is 0 Å². The summed E-state index contributed by atoms with van der Waals surface area (Å²) in [6.45, 7) is 2.22. The van der Waals surface area contributed by atoms with Gasteiger partial charge in [-0.25, -0.2) is 0 Å². The molecule has 2 aromatic heterocycles. The molecule has 5 nitrogen and oxygen atoms in total. The highest BCUT2D eigenvalue weighted by molar-refractivity contribution is 7.07. The minimum Gasteiger partial charge on any atom is -0.370 e. The summed E-state index contributed by atoms with van der Waals surface area (Å²) < 4.78 is 7.90. The van der Waals surface area contributed by atoms with Crippen LogP contribution in [0.15, 0.2) is 23.0 Å². The molecule has 23 heavy (non-hydrogen) atoms. The van der Waals surface area contributed by atoms with Gasteiger partial charge >= 0.3 is 0 Å². The molecule has 1 amide bonds. The monoisotopic (exact) mass is 331 g/mol. The fourth-order valence-electron chi connectivity index (χ4n) is 2.99. The van der Waals surface area contributed by atoms with E-state index in [-0.39, 0.29) is 12.0 Å². The lowest BCUT2D eigenvalue weighted by molar-refractivity contribution is -0.121. The first-order chi connectivity index (χ1) is 11.3. The van der Waals surface area contributed by atoms with Gasteiger partial charge in [0.15, 0.2) is 0 Å². The molecule has 1 N–H and O–H groups in total. The van der Waals surface area contributed by atoms with E-state index in [4.69, 9.17) is 9.84 Å². The Labute approximate surface area is 139 Å². The third kappa shape index (κ3) is 3.64. The predicted molar refractivity (Wildman–Crippen MR) is 88.4 cm³/mol. The third-order valence-corrected chi connectivity index (χ3v) is 5.17. The van der Waals surface area contributed by atoms with Crippen molar-refractivity contribution in [2.75, 3.05) is 13.2 Å². The third-order valence-electron chi connectivity index (χ3n) is 4.44. The lowest BCUT2D eigenvalue weighted by atomic mass is 10.1. The van der Waals surface area contributed by atoms with E-state index in [0.717, 1.165) is 30.1 Å². The number of fused-ring (bicyclic) bond motifs is 1. The smallest absolute Gasteiger partial charge is 0.224 e. The van der Waals surface area contributed by atoms with Crippen molar-refractivity contribution in [3.63, 3.8) is 0 Å². The molecule has 3 heterocycles. The first kappa shape index (κ1) is 14.9. The molecular weight excluding hydrogens is 310 g/mol. The number of thiophene rings is 1. The predicted octanol–water partition coefficient (Wildman–Crippen LogP) is 2.33. The molecule has 1 fully saturated rings. The molecule has 1 saturated carbocycles. The zero-order valence-electron chi connectivity index (χ0n) is 13.0. The minimum atomic E-state index is -0.120. The minimum absolute atomic E-state index is 0.0385. The summed E-state index contributed by atoms with van der Waals surface area (Å²) in [5, 5.41) is 11.7. The van der Waals surface area contributed by atoms with E-state index >= 15 is 0 Å². The van der Waals surface area contributed by atoms with Gasteiger partial charge in [0.1, 0.15) is 6.10 Å². The Bertz CT molecular complexity index is 676. The number of ether oxygens (including phenoxy) is 1. The lowest BCUT2D eigenvalue weighted by Gasteiger charge is -2.22. The SMILES string of the molecule is O=C(Cc1ccsc1)NC[C@H]1OCCc2cn(CC3CC3)nc21. The number of nitrogens with zero attached hydrogens (tertiary/aromatic N) is 2. The Hall–Kier alpha value is -1.66. The molecular formula is C17H21N3O2S. The summed E-state index contributed by atoms with van der Waals surface area (Å²) in [5.74, 6) is 0.845. The highest BCUT2D eigenvalue weighted by Gasteiger charge is 2.27. The van der Waals surface area contributed by atoms with Crippen LogP contribution < -0.4 is 5.32 Å². The van der Waals surface area contributed by atoms with Gasteiger partial charge in [-0.2, -0.15) is 16.4 Å². The maximum absolute atomic E-state index is 12.0. The van der Waals surface area contributed by atoms with Crippen LogP contribution in [0.1, 0.15) is 35.8 Å². The van der Waals surface area contributed by atoms with Gasteiger partial charge in [0.05, 0.1) is 18.7 Å². The molecule has 0 bridgehead atoms. The molecule has 1 aliphatic heterocycles. The summed E-state index contributed by atoms with van der Waals surface area (Å²) >= 11 is 1.61. The highest BCUT2D eigenvalue weighted by atomic mass is 32.1. The van der Waals surface area contributed by atoms with E-state index in [9.17, 15) is 4.79 Å². The van der Waals surface area contributed by atoms with Crippen LogP contribution in [0.2, 0.25) is 0 Å². The second kappa shape index (κ2) is 6.45. The number of aromatic nitrogens is 2. The molecule has 0 unspecified atom stereocenters. The molecule has 0 radical (unpaired) electrons. The Kier molecular flexibility index (Phi) is 4.18. The Morgan fingerprint density at radius 2 is 2.39 bits per heavy atom. The van der Waals surface area contributed by atoms with Crippen LogP contribution in [0.5, 0.6) is 0 Å². The maximum atomic E-state index is 12.0. The Morgan fingerprint density at radius 3 is 3.17 bits per heavy atom. The largest absolute Gasteiger partial charge is 0.370 e. The van der Waals surface area contributed by atoms with Crippen molar-refractivity contribution >= 4 is 17.2 Å². The molecule has 0 saturated heterocycles. The number of hydrogen-bond donors (Lipinski definition) is 1. The summed E-state index contributed by atoms with van der Waals surface area (Å²) in [7, 11) is 0. The van der Waals surface area contributed by atoms with Crippen molar-refractivity contribution < 1.29 is 9.53 Å². The van der Waals surface area contributed by atoms with Crippen molar-refractivity contribution in [3.8, 4) is 0 Å². The molecule has 4 rings (SSSR count). The summed E-state index contributed by atoms with van der Waals surface area (Å²) in [4.78, 5) is 12.0. The molecule has 1 atom stereocenters. The van der Waals surface area contributed by atoms with E-state index in [2.05, 4.69) is 16.2 Å². The van der Waals surface area contributed by atoms with Gasteiger partial charge in [0, 0.05) is 19.3 Å². The molecule has 2 aliphatic rings. The number of carbonyl (C=O) groups is 1. The van der Waals surface area contributed by atoms with E-state index < -0.39 is 0 Å². The van der Waals surface area contributed by atoms with Crippen molar-refractivity contribution in [2.24, 2.45) is 5.92 Å². The van der Waals surface area contributed by atoms with Crippen LogP contribution in [-0.2, 0) is 28.9 Å². The number of amides is 1. The lowest BCUT2D eigenvalue weighted by Crippen LogP contribution is -2.32. The second-order valence-corrected chi connectivity index (χ2v) is 7.21. The fourth-order valence-corrected chi connectivity index (χ4v) is 3.66. The molecule has 2 aromatic rings. The average Bonchev–Trinajstić information content (AvgIpc) is 3.04. The van der Waals surface area contributed by atoms with Crippen LogP contribution >= 0.6 is 11.3 Å². The topological polar surface area (TPSA) is 56.1 Å². The molecule has 122 valence electrons. The van der Waals surface area contributed by atoms with Crippen molar-refractivity contribution in [3.05, 3.63) is 39.8 Å². The van der Waals surface area contributed by atoms with E-state index in [1.807, 2.05) is 16.8 Å². The zero-order chi connectivity index (χ0) is 15.6. The fraction of sp³-hybridized carbons (Fsp3) is 0.529. The van der Waals surface area contributed by atoms with Crippen molar-refractivity contribution in [1.82, 2.24) is 15.1 Å². The molecule has 6 heteroatoms. The first-order valence-corrected chi connectivity index (χ1v) is 9.18. The van der Waals surface area contributed by atoms with Crippen molar-refractivity contribution in [1.29, 1.82) is 0 Å². The van der Waals surface area contributed by atoms with E-state index in [1.165, 1.54) is 18.4 Å². The van der Waals surface area contributed by atoms with Gasteiger partial charge in [0.25, 0.3) is 0 Å². The van der Waals surface area contributed by atoms with Gasteiger partial charge in [-0.15, -0.1) is 0 Å². The van der Waals surface area contributed by atoms with Gasteiger partial charge < -0.3 is 10.1 Å². The summed E-state index contributed by atoms with van der Waals surface area (Å²) in [6.07, 6.45) is 6.03. The normalized spacial score (nSPS) is 20.3. The van der Waals surface area contributed by atoms with Gasteiger partial charge in [-0.05, 0) is 53.1 Å². The zero-order valence-corrected chi connectivity index (χ0v) is 13.8. The average molecular weight is 331 g/mol. The van der Waals surface area contributed by atoms with Crippen LogP contribution in [0.25, 0.3) is 0 Å². The Balaban J connectivity index is 1.36. The number of hydrogen-bond acceptors (Lipinski definition) is 4. The van der Waals surface area contributed by atoms with Crippen LogP contribution in [0, 0.1) is 5.92 Å². The summed E-state index contributed by atoms with van der Waals surface area (Å²) in [5.41, 5.74) is 3.34. The molecule has 0 aromatic carbocycles. The quantitative estimate of drug-likeness (QED) is 0.884. The maximum Gasteiger partial charge on any atom is 0.224 e. The summed E-state index contributed by atoms with van der Waals surface area (Å²) in [6, 6.07) is 1.99. The number of rotatable bonds is 6. The van der Waals surface area contributed by atoms with Gasteiger partial charge in [0.2, 0.25) is 5.91 Å². The highest BCUT2D eigenvalue weighted by Crippen LogP contribution is 2.32. The number of carbonyl (C=O) groups excluding carboxylic acids is 1. The standard InChI is InChI=1S/C17H21N3O2S/c21-16(7-13-4-6-23-11-13)18-8-15-17-14(3-5-22-15)10-20(19-17)9-12-1-2-12/h4,6,10-12,15H,1-3,5,7-9H2,(H,18,21)/t15-/m1/s1. The van der Waals surface area contributed by atoms with Crippen LogP contribution in [-0.4, -0.2) is 28.8 Å². The molecule has 0 spiro atoms. The number of nitrogens with one attached hydrogen (secondary N) is 1. The van der Waals surface area contributed by atoms with Gasteiger partial charge in [-0.1, -0.05) is 0 Å². The van der Waals surface area contributed by atoms with E-state index in [0.29, 0.717) is 19.6 Å². The second-order valence-electron chi connectivity index (χ2n) is 6.43. The van der Waals surface area contributed by atoms with Crippen LogP contribution in [0.3, 0.4) is 0 Å². The molecule has 1 aliphatic carbocycles. The van der Waals surface area contributed by atoms with E-state index in [1.54, 1.807) is 11.3 Å². The van der Waals surface area contributed by atoms with Crippen molar-refractivity contribution in [2.45, 2.75) is 38.3 Å².